The molecule has 7 nitrogen and oxygen atoms in total. The summed E-state index contributed by atoms with van der Waals surface area (Å²) in [5.74, 6) is 3.57. The number of rotatable bonds is 6. The molecule has 1 spiro atoms. The number of hydrogen-bond donors (Lipinski definition) is 1. The second-order valence-corrected chi connectivity index (χ2v) is 14.7. The molecule has 5 saturated carbocycles. The van der Waals surface area contributed by atoms with E-state index in [9.17, 15) is 9.59 Å². The number of hydrogen-bond acceptors (Lipinski definition) is 6. The molecule has 6 aliphatic rings. The Kier molecular flexibility index (Phi) is 6.03. The number of amides is 2. The lowest BCUT2D eigenvalue weighted by atomic mass is 9.49. The number of halogens is 2. The number of nitrogens with one attached hydrogen (secondary N) is 1. The maximum atomic E-state index is 13.0. The Morgan fingerprint density at radius 3 is 2.43 bits per heavy atom. The molecule has 6 fully saturated rings. The molecule has 0 unspecified atom stereocenters. The summed E-state index contributed by atoms with van der Waals surface area (Å²) in [5.41, 5.74) is 3.68. The van der Waals surface area contributed by atoms with Gasteiger partial charge in [-0.2, -0.15) is 0 Å². The molecule has 1 aromatic heterocycles. The van der Waals surface area contributed by atoms with Gasteiger partial charge in [0.2, 0.25) is 5.91 Å². The maximum Gasteiger partial charge on any atom is 0.252 e. The molecule has 0 radical (unpaired) electrons. The highest BCUT2D eigenvalue weighted by Gasteiger charge is 2.54. The van der Waals surface area contributed by atoms with E-state index in [1.54, 1.807) is 22.8 Å². The van der Waals surface area contributed by atoms with Crippen LogP contribution in [-0.4, -0.2) is 48.0 Å². The van der Waals surface area contributed by atoms with Crippen LogP contribution in [0.1, 0.15) is 63.6 Å². The van der Waals surface area contributed by atoms with E-state index < -0.39 is 0 Å². The van der Waals surface area contributed by atoms with Crippen LogP contribution >= 0.6 is 46.7 Å². The molecule has 1 N–H and O–H groups in total. The molecule has 8 rings (SSSR count). The number of nitrogens with zero attached hydrogens (tertiary/aromatic N) is 4. The number of aromatic nitrogens is 3. The zero-order chi connectivity index (χ0) is 25.4. The lowest BCUT2D eigenvalue weighted by Crippen LogP contribution is -2.57. The first-order chi connectivity index (χ1) is 17.8. The van der Waals surface area contributed by atoms with Crippen molar-refractivity contribution < 1.29 is 9.59 Å². The summed E-state index contributed by atoms with van der Waals surface area (Å²) in [5, 5.41) is 12.7. The van der Waals surface area contributed by atoms with Gasteiger partial charge in [-0.05, 0) is 93.7 Å². The minimum atomic E-state index is -0.250. The quantitative estimate of drug-likeness (QED) is 0.449. The Morgan fingerprint density at radius 1 is 1.11 bits per heavy atom. The van der Waals surface area contributed by atoms with Crippen molar-refractivity contribution in [3.63, 3.8) is 0 Å². The van der Waals surface area contributed by atoms with Crippen molar-refractivity contribution in [2.24, 2.45) is 17.8 Å². The lowest BCUT2D eigenvalue weighted by Gasteiger charge is -2.56. The fourth-order valence-corrected chi connectivity index (χ4v) is 10.4. The molecule has 196 valence electrons. The van der Waals surface area contributed by atoms with E-state index in [-0.39, 0.29) is 27.9 Å². The summed E-state index contributed by atoms with van der Waals surface area (Å²) in [7, 11) is 0. The summed E-state index contributed by atoms with van der Waals surface area (Å²) in [6, 6.07) is 5.50. The Hall–Kier alpha value is -1.42. The van der Waals surface area contributed by atoms with Crippen LogP contribution in [0.5, 0.6) is 0 Å². The molecular weight excluding hydrogens is 549 g/mol. The van der Waals surface area contributed by atoms with E-state index >= 15 is 0 Å². The molecule has 37 heavy (non-hydrogen) atoms. The van der Waals surface area contributed by atoms with Gasteiger partial charge in [-0.15, -0.1) is 22.0 Å². The molecule has 1 aliphatic heterocycles. The highest BCUT2D eigenvalue weighted by molar-refractivity contribution is 8.01. The molecule has 2 aromatic rings. The number of carbonyl (C=O) groups is 2. The van der Waals surface area contributed by atoms with Crippen molar-refractivity contribution >= 4 is 58.5 Å². The molecular formula is C26H29Cl2N5O2S2. The van der Waals surface area contributed by atoms with Gasteiger partial charge in [-0.25, -0.2) is 5.01 Å². The van der Waals surface area contributed by atoms with Crippen molar-refractivity contribution in [2.75, 3.05) is 11.5 Å². The van der Waals surface area contributed by atoms with E-state index in [0.717, 1.165) is 67.8 Å². The first kappa shape index (κ1) is 24.6. The number of thioether (sulfide) groups is 2. The normalized spacial score (nSPS) is 31.2. The maximum absolute atomic E-state index is 13.0. The summed E-state index contributed by atoms with van der Waals surface area (Å²) < 4.78 is 2.08. The van der Waals surface area contributed by atoms with Gasteiger partial charge in [0.1, 0.15) is 10.7 Å². The lowest BCUT2D eigenvalue weighted by molar-refractivity contribution is -0.143. The molecule has 1 saturated heterocycles. The standard InChI is InChI=1S/C26H29Cl2N5O2S2/c27-18-2-3-20(19(28)9-18)32-23(25-10-15-6-16(11-25)8-17(7-15)12-25)29-30-24(32)36-13-21(34)31-33-22(35)14-37-26(33)4-1-5-26/h2-3,9,15-17H,1,4-8,10-14H2,(H,31,34). The SMILES string of the molecule is O=C(CSc1nnc(C23CC4CC(CC(C4)C2)C3)n1-c1ccc(Cl)cc1Cl)NN1C(=O)CSC12CCC2. The predicted octanol–water partition coefficient (Wildman–Crippen LogP) is 5.62. The minimum absolute atomic E-state index is 0.00157. The second kappa shape index (κ2) is 9.07. The van der Waals surface area contributed by atoms with Crippen LogP contribution in [0.25, 0.3) is 5.69 Å². The van der Waals surface area contributed by atoms with E-state index in [1.165, 1.54) is 31.0 Å². The predicted molar refractivity (Wildman–Crippen MR) is 146 cm³/mol. The number of hydrazine groups is 1. The summed E-state index contributed by atoms with van der Waals surface area (Å²) in [6.45, 7) is 0. The third-order valence-corrected chi connectivity index (χ3v) is 12.1. The van der Waals surface area contributed by atoms with Crippen LogP contribution in [0.2, 0.25) is 10.0 Å². The van der Waals surface area contributed by atoms with Crippen molar-refractivity contribution in [3.05, 3.63) is 34.1 Å². The molecule has 1 aromatic carbocycles. The molecule has 2 heterocycles. The van der Waals surface area contributed by atoms with Crippen LogP contribution in [0, 0.1) is 17.8 Å². The highest BCUT2D eigenvalue weighted by atomic mass is 35.5. The second-order valence-electron chi connectivity index (χ2n) is 11.6. The summed E-state index contributed by atoms with van der Waals surface area (Å²) >= 11 is 15.9. The Labute approximate surface area is 234 Å². The van der Waals surface area contributed by atoms with Crippen LogP contribution in [0.4, 0.5) is 0 Å². The smallest absolute Gasteiger partial charge is 0.252 e. The van der Waals surface area contributed by atoms with E-state index in [0.29, 0.717) is 21.0 Å². The topological polar surface area (TPSA) is 80.1 Å². The summed E-state index contributed by atoms with van der Waals surface area (Å²) in [6.07, 6.45) is 10.4. The molecule has 0 atom stereocenters. The molecule has 2 amide bonds. The average molecular weight is 579 g/mol. The first-order valence-electron chi connectivity index (χ1n) is 13.1. The zero-order valence-corrected chi connectivity index (χ0v) is 23.6. The van der Waals surface area contributed by atoms with Gasteiger partial charge in [-0.3, -0.25) is 19.6 Å². The van der Waals surface area contributed by atoms with Gasteiger partial charge < -0.3 is 0 Å². The average Bonchev–Trinajstić information content (AvgIpc) is 3.39. The van der Waals surface area contributed by atoms with Crippen LogP contribution in [0.15, 0.2) is 23.4 Å². The van der Waals surface area contributed by atoms with Crippen molar-refractivity contribution in [1.29, 1.82) is 0 Å². The summed E-state index contributed by atoms with van der Waals surface area (Å²) in [4.78, 5) is 25.2. The van der Waals surface area contributed by atoms with Gasteiger partial charge in [-0.1, -0.05) is 35.0 Å². The fourth-order valence-electron chi connectivity index (χ4n) is 7.82. The van der Waals surface area contributed by atoms with E-state index in [2.05, 4.69) is 15.1 Å². The zero-order valence-electron chi connectivity index (χ0n) is 20.4. The van der Waals surface area contributed by atoms with Crippen LogP contribution in [-0.2, 0) is 15.0 Å². The Morgan fingerprint density at radius 2 is 1.81 bits per heavy atom. The van der Waals surface area contributed by atoms with Gasteiger partial charge in [0.05, 0.1) is 22.2 Å². The fraction of sp³-hybridized carbons (Fsp3) is 0.615. The third-order valence-electron chi connectivity index (χ3n) is 9.12. The highest BCUT2D eigenvalue weighted by Crippen LogP contribution is 2.61. The van der Waals surface area contributed by atoms with Crippen molar-refractivity contribution in [2.45, 2.75) is 73.2 Å². The van der Waals surface area contributed by atoms with Gasteiger partial charge in [0.15, 0.2) is 5.16 Å². The third kappa shape index (κ3) is 4.10. The minimum Gasteiger partial charge on any atom is -0.272 e. The molecule has 5 aliphatic carbocycles. The Bertz CT molecular complexity index is 1240. The van der Waals surface area contributed by atoms with Gasteiger partial charge >= 0.3 is 0 Å². The molecule has 4 bridgehead atoms. The van der Waals surface area contributed by atoms with E-state index in [1.807, 2.05) is 12.1 Å². The Balaban J connectivity index is 1.18. The largest absolute Gasteiger partial charge is 0.272 e. The molecule has 11 heteroatoms. The van der Waals surface area contributed by atoms with Crippen LogP contribution < -0.4 is 5.43 Å². The van der Waals surface area contributed by atoms with Crippen LogP contribution in [0.3, 0.4) is 0 Å². The number of carbonyl (C=O) groups excluding carboxylic acids is 2. The number of benzene rings is 1. The first-order valence-corrected chi connectivity index (χ1v) is 15.9. The van der Waals surface area contributed by atoms with Crippen molar-refractivity contribution in [3.8, 4) is 5.69 Å². The van der Waals surface area contributed by atoms with Crippen molar-refractivity contribution in [1.82, 2.24) is 25.2 Å². The van der Waals surface area contributed by atoms with E-state index in [4.69, 9.17) is 28.3 Å². The van der Waals surface area contributed by atoms with Gasteiger partial charge in [0.25, 0.3) is 5.91 Å². The monoisotopic (exact) mass is 577 g/mol. The van der Waals surface area contributed by atoms with Gasteiger partial charge in [0, 0.05) is 10.4 Å².